The van der Waals surface area contributed by atoms with Gasteiger partial charge in [0.2, 0.25) is 0 Å². The fourth-order valence-electron chi connectivity index (χ4n) is 2.06. The van der Waals surface area contributed by atoms with Crippen LogP contribution in [0.3, 0.4) is 0 Å². The number of nitrogens with one attached hydrogen (secondary N) is 1. The summed E-state index contributed by atoms with van der Waals surface area (Å²) in [5.41, 5.74) is 6.84. The molecule has 2 aromatic rings. The van der Waals surface area contributed by atoms with Crippen LogP contribution >= 0.6 is 11.6 Å². The van der Waals surface area contributed by atoms with E-state index < -0.39 is 11.8 Å². The molecule has 2 rings (SSSR count). The lowest BCUT2D eigenvalue weighted by Crippen LogP contribution is -2.19. The second-order valence-electron chi connectivity index (χ2n) is 5.36. The number of benzene rings is 2. The molecule has 0 aliphatic carbocycles. The number of carbonyl (C=O) groups is 2. The van der Waals surface area contributed by atoms with Crippen LogP contribution in [-0.4, -0.2) is 18.4 Å². The summed E-state index contributed by atoms with van der Waals surface area (Å²) in [5, 5.41) is 12.5. The lowest BCUT2D eigenvalue weighted by atomic mass is 10.1. The SMILES string of the molecule is Cc1c(Cl)cccc1NC(=O)/C(C#N)=C\c1ccc(OCC(N)=O)cc1. The van der Waals surface area contributed by atoms with Crippen molar-refractivity contribution in [2.24, 2.45) is 5.73 Å². The number of anilines is 1. The van der Waals surface area contributed by atoms with Gasteiger partial charge in [0.25, 0.3) is 11.8 Å². The van der Waals surface area contributed by atoms with Gasteiger partial charge in [-0.15, -0.1) is 0 Å². The Kier molecular flexibility index (Phi) is 6.36. The predicted octanol–water partition coefficient (Wildman–Crippen LogP) is 3.06. The topological polar surface area (TPSA) is 105 Å². The Balaban J connectivity index is 2.14. The molecular weight excluding hydrogens is 354 g/mol. The van der Waals surface area contributed by atoms with Crippen molar-refractivity contribution in [2.45, 2.75) is 6.92 Å². The molecule has 0 bridgehead atoms. The number of nitriles is 1. The van der Waals surface area contributed by atoms with Crippen molar-refractivity contribution in [1.29, 1.82) is 5.26 Å². The van der Waals surface area contributed by atoms with Gasteiger partial charge in [-0.1, -0.05) is 29.8 Å². The molecule has 0 radical (unpaired) electrons. The average molecular weight is 370 g/mol. The van der Waals surface area contributed by atoms with Crippen molar-refractivity contribution in [1.82, 2.24) is 0 Å². The number of hydrogen-bond acceptors (Lipinski definition) is 4. The molecule has 0 saturated carbocycles. The average Bonchev–Trinajstić information content (AvgIpc) is 2.62. The van der Waals surface area contributed by atoms with Gasteiger partial charge >= 0.3 is 0 Å². The molecule has 2 aromatic carbocycles. The number of primary amides is 1. The van der Waals surface area contributed by atoms with Gasteiger partial charge in [-0.2, -0.15) is 5.26 Å². The smallest absolute Gasteiger partial charge is 0.266 e. The number of hydrogen-bond donors (Lipinski definition) is 2. The summed E-state index contributed by atoms with van der Waals surface area (Å²) in [4.78, 5) is 23.0. The standard InChI is InChI=1S/C19H16ClN3O3/c1-12-16(20)3-2-4-17(12)23-19(25)14(10-21)9-13-5-7-15(8-6-13)26-11-18(22)24/h2-9H,11H2,1H3,(H2,22,24)(H,23,25)/b14-9-. The molecule has 0 aliphatic heterocycles. The highest BCUT2D eigenvalue weighted by atomic mass is 35.5. The molecule has 0 saturated heterocycles. The van der Waals surface area contributed by atoms with E-state index in [1.54, 1.807) is 49.4 Å². The van der Waals surface area contributed by atoms with E-state index in [0.717, 1.165) is 5.56 Å². The fourth-order valence-corrected chi connectivity index (χ4v) is 2.24. The van der Waals surface area contributed by atoms with Crippen LogP contribution in [0.4, 0.5) is 5.69 Å². The first-order chi connectivity index (χ1) is 12.4. The molecule has 0 aromatic heterocycles. The van der Waals surface area contributed by atoms with Crippen LogP contribution in [0, 0.1) is 18.3 Å². The van der Waals surface area contributed by atoms with Gasteiger partial charge in [0.15, 0.2) is 6.61 Å². The Bertz CT molecular complexity index is 899. The molecule has 0 atom stereocenters. The van der Waals surface area contributed by atoms with E-state index in [4.69, 9.17) is 22.1 Å². The molecular formula is C19H16ClN3O3. The molecule has 6 nitrogen and oxygen atoms in total. The highest BCUT2D eigenvalue weighted by Gasteiger charge is 2.12. The van der Waals surface area contributed by atoms with Crippen molar-refractivity contribution in [3.8, 4) is 11.8 Å². The van der Waals surface area contributed by atoms with Crippen LogP contribution in [0.5, 0.6) is 5.75 Å². The summed E-state index contributed by atoms with van der Waals surface area (Å²) in [6.45, 7) is 1.55. The molecule has 0 heterocycles. The maximum absolute atomic E-state index is 12.3. The summed E-state index contributed by atoms with van der Waals surface area (Å²) in [6, 6.07) is 13.6. The van der Waals surface area contributed by atoms with Crippen LogP contribution in [0.25, 0.3) is 6.08 Å². The zero-order chi connectivity index (χ0) is 19.1. The van der Waals surface area contributed by atoms with Crippen LogP contribution in [0.1, 0.15) is 11.1 Å². The van der Waals surface area contributed by atoms with Crippen molar-refractivity contribution < 1.29 is 14.3 Å². The van der Waals surface area contributed by atoms with Crippen LogP contribution in [0.2, 0.25) is 5.02 Å². The third kappa shape index (κ3) is 5.10. The van der Waals surface area contributed by atoms with E-state index in [1.807, 2.05) is 6.07 Å². The number of carbonyl (C=O) groups excluding carboxylic acids is 2. The van der Waals surface area contributed by atoms with E-state index >= 15 is 0 Å². The minimum absolute atomic E-state index is 0.0600. The van der Waals surface area contributed by atoms with Crippen LogP contribution in [0.15, 0.2) is 48.0 Å². The number of nitrogens with two attached hydrogens (primary N) is 1. The molecule has 0 spiro atoms. The van der Waals surface area contributed by atoms with E-state index in [-0.39, 0.29) is 12.2 Å². The predicted molar refractivity (Wildman–Crippen MR) is 99.5 cm³/mol. The molecule has 2 amide bonds. The number of halogens is 1. The first-order valence-corrected chi connectivity index (χ1v) is 7.98. The third-order valence-electron chi connectivity index (χ3n) is 3.45. The highest BCUT2D eigenvalue weighted by molar-refractivity contribution is 6.31. The first-order valence-electron chi connectivity index (χ1n) is 7.60. The summed E-state index contributed by atoms with van der Waals surface area (Å²) in [6.07, 6.45) is 1.45. The summed E-state index contributed by atoms with van der Waals surface area (Å²) >= 11 is 6.03. The quantitative estimate of drug-likeness (QED) is 0.603. The Hall–Kier alpha value is -3.30. The number of ether oxygens (including phenoxy) is 1. The second kappa shape index (κ2) is 8.70. The van der Waals surface area contributed by atoms with Gasteiger partial charge in [0.1, 0.15) is 17.4 Å². The second-order valence-corrected chi connectivity index (χ2v) is 5.77. The van der Waals surface area contributed by atoms with Gasteiger partial charge in [-0.3, -0.25) is 9.59 Å². The lowest BCUT2D eigenvalue weighted by Gasteiger charge is -2.09. The zero-order valence-electron chi connectivity index (χ0n) is 14.0. The number of amides is 2. The number of nitrogens with zero attached hydrogens (tertiary/aromatic N) is 1. The first kappa shape index (κ1) is 19.0. The number of rotatable bonds is 6. The van der Waals surface area contributed by atoms with Gasteiger partial charge in [0, 0.05) is 10.7 Å². The molecule has 26 heavy (non-hydrogen) atoms. The van der Waals surface area contributed by atoms with E-state index in [0.29, 0.717) is 22.0 Å². The van der Waals surface area contributed by atoms with Gasteiger partial charge in [-0.05, 0) is 48.4 Å². The summed E-state index contributed by atoms with van der Waals surface area (Å²) in [7, 11) is 0. The minimum Gasteiger partial charge on any atom is -0.484 e. The van der Waals surface area contributed by atoms with E-state index in [9.17, 15) is 14.9 Å². The molecule has 0 fully saturated rings. The summed E-state index contributed by atoms with van der Waals surface area (Å²) in [5.74, 6) is -0.654. The van der Waals surface area contributed by atoms with Gasteiger partial charge in [0.05, 0.1) is 0 Å². The van der Waals surface area contributed by atoms with Crippen molar-refractivity contribution in [2.75, 3.05) is 11.9 Å². The largest absolute Gasteiger partial charge is 0.484 e. The monoisotopic (exact) mass is 369 g/mol. The normalized spacial score (nSPS) is 10.7. The Morgan fingerprint density at radius 3 is 2.58 bits per heavy atom. The highest BCUT2D eigenvalue weighted by Crippen LogP contribution is 2.23. The van der Waals surface area contributed by atoms with Crippen molar-refractivity contribution in [3.05, 3.63) is 64.2 Å². The van der Waals surface area contributed by atoms with Crippen molar-refractivity contribution in [3.63, 3.8) is 0 Å². The van der Waals surface area contributed by atoms with Crippen LogP contribution < -0.4 is 15.8 Å². The maximum Gasteiger partial charge on any atom is 0.266 e. The van der Waals surface area contributed by atoms with Crippen LogP contribution in [-0.2, 0) is 9.59 Å². The summed E-state index contributed by atoms with van der Waals surface area (Å²) < 4.78 is 5.15. The lowest BCUT2D eigenvalue weighted by molar-refractivity contribution is -0.120. The maximum atomic E-state index is 12.3. The Morgan fingerprint density at radius 1 is 1.27 bits per heavy atom. The Morgan fingerprint density at radius 2 is 1.96 bits per heavy atom. The molecule has 7 heteroatoms. The third-order valence-corrected chi connectivity index (χ3v) is 3.86. The molecule has 0 aliphatic rings. The molecule has 3 N–H and O–H groups in total. The fraction of sp³-hybridized carbons (Fsp3) is 0.105. The van der Waals surface area contributed by atoms with Gasteiger partial charge in [-0.25, -0.2) is 0 Å². The zero-order valence-corrected chi connectivity index (χ0v) is 14.7. The molecule has 0 unspecified atom stereocenters. The van der Waals surface area contributed by atoms with Gasteiger partial charge < -0.3 is 15.8 Å². The van der Waals surface area contributed by atoms with E-state index in [1.165, 1.54) is 6.08 Å². The van der Waals surface area contributed by atoms with Crippen molar-refractivity contribution >= 4 is 35.2 Å². The minimum atomic E-state index is -0.575. The Labute approximate surface area is 155 Å². The molecule has 132 valence electrons. The van der Waals surface area contributed by atoms with E-state index in [2.05, 4.69) is 5.32 Å².